The number of rotatable bonds is 9. The van der Waals surface area contributed by atoms with E-state index in [4.69, 9.17) is 14.2 Å². The van der Waals surface area contributed by atoms with E-state index in [0.29, 0.717) is 38.6 Å². The zero-order chi connectivity index (χ0) is 17.6. The predicted molar refractivity (Wildman–Crippen MR) is 98.2 cm³/mol. The topological polar surface area (TPSA) is 60.0 Å². The molecule has 25 heavy (non-hydrogen) atoms. The number of carbonyl (C=O) groups is 1. The minimum Gasteiger partial charge on any atom is -0.454 e. The van der Waals surface area contributed by atoms with Crippen LogP contribution in [0.2, 0.25) is 0 Å². The highest BCUT2D eigenvalue weighted by atomic mass is 32.2. The fourth-order valence-corrected chi connectivity index (χ4v) is 3.27. The summed E-state index contributed by atoms with van der Waals surface area (Å²) in [5.41, 5.74) is 1.20. The molecule has 0 bridgehead atoms. The summed E-state index contributed by atoms with van der Waals surface area (Å²) in [7, 11) is 2.01. The molecule has 1 atom stereocenters. The number of thioether (sulfide) groups is 1. The van der Waals surface area contributed by atoms with Crippen molar-refractivity contribution in [2.75, 3.05) is 38.6 Å². The highest BCUT2D eigenvalue weighted by molar-refractivity contribution is 8.00. The minimum atomic E-state index is 0.0362. The Kier molecular flexibility index (Phi) is 6.45. The van der Waals surface area contributed by atoms with E-state index >= 15 is 0 Å². The molecule has 2 aliphatic heterocycles. The molecule has 1 aromatic carbocycles. The van der Waals surface area contributed by atoms with Crippen molar-refractivity contribution in [3.8, 4) is 11.5 Å². The van der Waals surface area contributed by atoms with Crippen LogP contribution < -0.4 is 14.8 Å². The molecule has 0 radical (unpaired) electrons. The molecule has 1 aromatic rings. The molecule has 1 N–H and O–H groups in total. The average molecular weight is 366 g/mol. The third kappa shape index (κ3) is 5.26. The first-order chi connectivity index (χ1) is 12.1. The molecule has 2 heterocycles. The van der Waals surface area contributed by atoms with Gasteiger partial charge >= 0.3 is 0 Å². The third-order valence-corrected chi connectivity index (χ3v) is 5.75. The van der Waals surface area contributed by atoms with Gasteiger partial charge in [-0.15, -0.1) is 0 Å². The second-order valence-electron chi connectivity index (χ2n) is 6.54. The van der Waals surface area contributed by atoms with Gasteiger partial charge in [-0.25, -0.2) is 0 Å². The fourth-order valence-electron chi connectivity index (χ4n) is 2.65. The number of fused-ring (bicyclic) bond motifs is 1. The van der Waals surface area contributed by atoms with E-state index in [1.165, 1.54) is 5.56 Å². The fraction of sp³-hybridized carbons (Fsp3) is 0.611. The van der Waals surface area contributed by atoms with Gasteiger partial charge in [0.1, 0.15) is 0 Å². The van der Waals surface area contributed by atoms with Crippen LogP contribution in [-0.4, -0.2) is 61.6 Å². The number of carbonyl (C=O) groups excluding carboxylic acids is 1. The molecular formula is C18H26N2O4S. The minimum absolute atomic E-state index is 0.0362. The average Bonchev–Trinajstić information content (AvgIpc) is 3.02. The van der Waals surface area contributed by atoms with Crippen LogP contribution in [0.4, 0.5) is 0 Å². The van der Waals surface area contributed by atoms with Gasteiger partial charge in [0, 0.05) is 17.5 Å². The number of hydrogen-bond donors (Lipinski definition) is 1. The Hall–Kier alpha value is -1.44. The monoisotopic (exact) mass is 366 g/mol. The van der Waals surface area contributed by atoms with Crippen LogP contribution in [0.3, 0.4) is 0 Å². The molecule has 138 valence electrons. The number of benzene rings is 1. The van der Waals surface area contributed by atoms with Crippen molar-refractivity contribution >= 4 is 17.7 Å². The van der Waals surface area contributed by atoms with E-state index in [1.807, 2.05) is 30.9 Å². The van der Waals surface area contributed by atoms with Gasteiger partial charge in [-0.05, 0) is 38.1 Å². The zero-order valence-corrected chi connectivity index (χ0v) is 15.6. The molecule has 1 amide bonds. The first kappa shape index (κ1) is 18.4. The summed E-state index contributed by atoms with van der Waals surface area (Å²) < 4.78 is 16.4. The molecule has 0 aromatic heterocycles. The maximum absolute atomic E-state index is 11.9. The summed E-state index contributed by atoms with van der Waals surface area (Å²) in [5.74, 6) is 3.77. The highest BCUT2D eigenvalue weighted by Crippen LogP contribution is 2.32. The van der Waals surface area contributed by atoms with Gasteiger partial charge in [0.05, 0.1) is 25.8 Å². The second-order valence-corrected chi connectivity index (χ2v) is 7.61. The van der Waals surface area contributed by atoms with Crippen molar-refractivity contribution in [3.63, 3.8) is 0 Å². The Morgan fingerprint density at radius 3 is 2.96 bits per heavy atom. The molecular weight excluding hydrogens is 340 g/mol. The molecule has 0 spiro atoms. The molecule has 1 unspecified atom stereocenters. The molecule has 0 aliphatic carbocycles. The van der Waals surface area contributed by atoms with Crippen molar-refractivity contribution < 1.29 is 19.0 Å². The summed E-state index contributed by atoms with van der Waals surface area (Å²) >= 11 is 1.88. The largest absolute Gasteiger partial charge is 0.454 e. The van der Waals surface area contributed by atoms with E-state index in [1.54, 1.807) is 0 Å². The van der Waals surface area contributed by atoms with Crippen LogP contribution in [0.1, 0.15) is 18.9 Å². The maximum atomic E-state index is 11.9. The van der Waals surface area contributed by atoms with Crippen molar-refractivity contribution in [1.29, 1.82) is 0 Å². The molecule has 6 nitrogen and oxygen atoms in total. The van der Waals surface area contributed by atoms with E-state index < -0.39 is 0 Å². The van der Waals surface area contributed by atoms with Gasteiger partial charge in [0.25, 0.3) is 0 Å². The van der Waals surface area contributed by atoms with E-state index in [0.717, 1.165) is 29.4 Å². The molecule has 3 rings (SSSR count). The second kappa shape index (κ2) is 8.78. The van der Waals surface area contributed by atoms with E-state index in [2.05, 4.69) is 23.2 Å². The van der Waals surface area contributed by atoms with Crippen LogP contribution in [-0.2, 0) is 16.0 Å². The van der Waals surface area contributed by atoms with Crippen LogP contribution in [0, 0.1) is 0 Å². The Morgan fingerprint density at radius 2 is 2.20 bits per heavy atom. The molecule has 0 saturated carbocycles. The smallest absolute Gasteiger partial charge is 0.231 e. The van der Waals surface area contributed by atoms with Gasteiger partial charge in [-0.3, -0.25) is 9.69 Å². The van der Waals surface area contributed by atoms with Crippen LogP contribution in [0.25, 0.3) is 0 Å². The molecule has 1 fully saturated rings. The Bertz CT molecular complexity index is 594. The Balaban J connectivity index is 1.35. The lowest BCUT2D eigenvalue weighted by Crippen LogP contribution is -2.41. The summed E-state index contributed by atoms with van der Waals surface area (Å²) in [6, 6.07) is 6.34. The molecule has 1 saturated heterocycles. The summed E-state index contributed by atoms with van der Waals surface area (Å²) in [6.07, 6.45) is 1.65. The lowest BCUT2D eigenvalue weighted by atomic mass is 10.1. The van der Waals surface area contributed by atoms with Crippen molar-refractivity contribution in [3.05, 3.63) is 23.8 Å². The van der Waals surface area contributed by atoms with E-state index in [9.17, 15) is 4.79 Å². The number of hydrogen-bond acceptors (Lipinski definition) is 6. The lowest BCUT2D eigenvalue weighted by Gasteiger charge is -2.26. The van der Waals surface area contributed by atoms with Gasteiger partial charge in [0.2, 0.25) is 12.7 Å². The van der Waals surface area contributed by atoms with Gasteiger partial charge in [-0.1, -0.05) is 6.07 Å². The molecule has 2 aliphatic rings. The summed E-state index contributed by atoms with van der Waals surface area (Å²) in [5, 5.41) is 2.96. The predicted octanol–water partition coefficient (Wildman–Crippen LogP) is 1.87. The third-order valence-electron chi connectivity index (χ3n) is 4.54. The van der Waals surface area contributed by atoms with E-state index in [-0.39, 0.29) is 5.91 Å². The first-order valence-corrected chi connectivity index (χ1v) is 9.82. The van der Waals surface area contributed by atoms with Crippen LogP contribution in [0.5, 0.6) is 11.5 Å². The highest BCUT2D eigenvalue weighted by Gasteiger charge is 2.19. The first-order valence-electron chi connectivity index (χ1n) is 8.66. The van der Waals surface area contributed by atoms with Crippen molar-refractivity contribution in [2.24, 2.45) is 0 Å². The number of amides is 1. The number of nitrogens with zero attached hydrogens (tertiary/aromatic N) is 1. The summed E-state index contributed by atoms with van der Waals surface area (Å²) in [6.45, 7) is 3.48. The number of likely N-dealkylation sites (N-methyl/N-ethyl adjacent to an activating group) is 1. The van der Waals surface area contributed by atoms with Gasteiger partial charge < -0.3 is 19.5 Å². The van der Waals surface area contributed by atoms with Crippen LogP contribution >= 0.6 is 11.8 Å². The SMILES string of the molecule is CC(Cc1ccc2c(c1)OCO2)N(C)CNC(=O)CCOC1CSC1. The van der Waals surface area contributed by atoms with Gasteiger partial charge in [0.15, 0.2) is 11.5 Å². The Labute approximate surface area is 153 Å². The van der Waals surface area contributed by atoms with Crippen molar-refractivity contribution in [1.82, 2.24) is 10.2 Å². The number of ether oxygens (including phenoxy) is 3. The standard InChI is InChI=1S/C18H26N2O4S/c1-13(7-14-3-4-16-17(8-14)24-12-23-16)20(2)11-19-18(21)5-6-22-15-9-25-10-15/h3-4,8,13,15H,5-7,9-12H2,1-2H3,(H,19,21). The Morgan fingerprint density at radius 1 is 1.40 bits per heavy atom. The normalized spacial score (nSPS) is 17.4. The van der Waals surface area contributed by atoms with Gasteiger partial charge in [-0.2, -0.15) is 11.8 Å². The quantitative estimate of drug-likeness (QED) is 0.674. The van der Waals surface area contributed by atoms with Crippen LogP contribution in [0.15, 0.2) is 18.2 Å². The van der Waals surface area contributed by atoms with Crippen molar-refractivity contribution in [2.45, 2.75) is 31.9 Å². The number of nitrogens with one attached hydrogen (secondary N) is 1. The molecule has 7 heteroatoms. The maximum Gasteiger partial charge on any atom is 0.231 e. The zero-order valence-electron chi connectivity index (χ0n) is 14.8. The lowest BCUT2D eigenvalue weighted by molar-refractivity contribution is -0.123. The summed E-state index contributed by atoms with van der Waals surface area (Å²) in [4.78, 5) is 14.0.